The minimum absolute atomic E-state index is 0.109. The van der Waals surface area contributed by atoms with Gasteiger partial charge < -0.3 is 10.2 Å². The Hall–Kier alpha value is -1.16. The first-order valence-corrected chi connectivity index (χ1v) is 7.69. The summed E-state index contributed by atoms with van der Waals surface area (Å²) in [5.74, 6) is 1.68. The lowest BCUT2D eigenvalue weighted by molar-refractivity contribution is 0.420. The Labute approximate surface area is 123 Å². The second-order valence-corrected chi connectivity index (χ2v) is 7.26. The fourth-order valence-corrected chi connectivity index (χ4v) is 2.17. The molecule has 1 aliphatic carbocycles. The Bertz CT molecular complexity index is 415. The van der Waals surface area contributed by atoms with Crippen molar-refractivity contribution in [2.45, 2.75) is 65.6 Å². The van der Waals surface area contributed by atoms with Gasteiger partial charge in [0.1, 0.15) is 0 Å². The van der Waals surface area contributed by atoms with E-state index in [2.05, 4.69) is 67.2 Å². The molecule has 1 aromatic rings. The van der Waals surface area contributed by atoms with Crippen LogP contribution in [0.1, 0.15) is 53.2 Å². The minimum atomic E-state index is 0.109. The first-order chi connectivity index (χ1) is 9.35. The van der Waals surface area contributed by atoms with E-state index in [-0.39, 0.29) is 5.54 Å². The number of aromatic nitrogens is 2. The van der Waals surface area contributed by atoms with Crippen LogP contribution >= 0.6 is 0 Å². The highest BCUT2D eigenvalue weighted by molar-refractivity contribution is 5.40. The zero-order chi connectivity index (χ0) is 14.8. The summed E-state index contributed by atoms with van der Waals surface area (Å²) in [6, 6.07) is 4.90. The van der Waals surface area contributed by atoms with Crippen molar-refractivity contribution in [1.29, 1.82) is 0 Å². The molecular formula is C16H28N4. The lowest BCUT2D eigenvalue weighted by Crippen LogP contribution is -2.35. The highest BCUT2D eigenvalue weighted by Gasteiger charge is 2.30. The molecule has 0 saturated heterocycles. The van der Waals surface area contributed by atoms with Gasteiger partial charge in [-0.1, -0.05) is 13.8 Å². The Morgan fingerprint density at radius 2 is 1.95 bits per heavy atom. The third-order valence-electron chi connectivity index (χ3n) is 3.35. The van der Waals surface area contributed by atoms with Crippen LogP contribution in [0.15, 0.2) is 12.1 Å². The van der Waals surface area contributed by atoms with Crippen molar-refractivity contribution in [3.8, 4) is 0 Å². The summed E-state index contributed by atoms with van der Waals surface area (Å²) < 4.78 is 0. The van der Waals surface area contributed by atoms with Crippen LogP contribution in [0.3, 0.4) is 0 Å². The van der Waals surface area contributed by atoms with Crippen molar-refractivity contribution in [3.05, 3.63) is 17.8 Å². The molecule has 0 spiro atoms. The molecule has 0 atom stereocenters. The molecule has 1 aliphatic rings. The molecule has 1 saturated carbocycles. The van der Waals surface area contributed by atoms with Crippen LogP contribution in [-0.2, 0) is 6.54 Å². The molecule has 0 aromatic carbocycles. The van der Waals surface area contributed by atoms with Crippen LogP contribution in [0.2, 0.25) is 0 Å². The molecule has 1 N–H and O–H groups in total. The zero-order valence-corrected chi connectivity index (χ0v) is 13.5. The van der Waals surface area contributed by atoms with Crippen LogP contribution in [0, 0.1) is 5.92 Å². The standard InChI is InChI=1S/C16H28N4/c1-12(2)11-20(14-7-8-14)15-9-6-13(18-19-15)10-17-16(3,4)5/h6,9,12,14,17H,7-8,10-11H2,1-5H3. The summed E-state index contributed by atoms with van der Waals surface area (Å²) in [7, 11) is 0. The van der Waals surface area contributed by atoms with Gasteiger partial charge in [-0.3, -0.25) is 0 Å². The van der Waals surface area contributed by atoms with Crippen LogP contribution < -0.4 is 10.2 Å². The highest BCUT2D eigenvalue weighted by Crippen LogP contribution is 2.30. The Balaban J connectivity index is 1.99. The molecule has 4 nitrogen and oxygen atoms in total. The summed E-state index contributed by atoms with van der Waals surface area (Å²) >= 11 is 0. The van der Waals surface area contributed by atoms with Gasteiger partial charge in [0, 0.05) is 24.7 Å². The molecule has 1 fully saturated rings. The van der Waals surface area contributed by atoms with Crippen molar-refractivity contribution in [3.63, 3.8) is 0 Å². The molecule has 0 aliphatic heterocycles. The molecule has 0 bridgehead atoms. The van der Waals surface area contributed by atoms with Crippen LogP contribution in [0.5, 0.6) is 0 Å². The van der Waals surface area contributed by atoms with E-state index in [4.69, 9.17) is 0 Å². The van der Waals surface area contributed by atoms with Gasteiger partial charge >= 0.3 is 0 Å². The molecular weight excluding hydrogens is 248 g/mol. The van der Waals surface area contributed by atoms with Crippen molar-refractivity contribution >= 4 is 5.82 Å². The second kappa shape index (κ2) is 6.08. The minimum Gasteiger partial charge on any atom is -0.352 e. The third-order valence-corrected chi connectivity index (χ3v) is 3.35. The summed E-state index contributed by atoms with van der Waals surface area (Å²) in [6.45, 7) is 12.8. The van der Waals surface area contributed by atoms with Gasteiger partial charge in [0.05, 0.1) is 5.69 Å². The molecule has 112 valence electrons. The fourth-order valence-electron chi connectivity index (χ4n) is 2.17. The third kappa shape index (κ3) is 4.75. The van der Waals surface area contributed by atoms with Crippen molar-refractivity contribution in [1.82, 2.24) is 15.5 Å². The predicted octanol–water partition coefficient (Wildman–Crippen LogP) is 2.99. The van der Waals surface area contributed by atoms with Crippen molar-refractivity contribution in [2.75, 3.05) is 11.4 Å². The maximum Gasteiger partial charge on any atom is 0.151 e. The van der Waals surface area contributed by atoms with Crippen LogP contribution in [-0.4, -0.2) is 28.3 Å². The van der Waals surface area contributed by atoms with Gasteiger partial charge in [0.15, 0.2) is 5.82 Å². The first-order valence-electron chi connectivity index (χ1n) is 7.69. The van der Waals surface area contributed by atoms with E-state index in [1.165, 1.54) is 12.8 Å². The topological polar surface area (TPSA) is 41.0 Å². The molecule has 20 heavy (non-hydrogen) atoms. The second-order valence-electron chi connectivity index (χ2n) is 7.26. The molecule has 0 unspecified atom stereocenters. The number of anilines is 1. The molecule has 2 rings (SSSR count). The highest BCUT2D eigenvalue weighted by atomic mass is 15.3. The number of hydrogen-bond donors (Lipinski definition) is 1. The van der Waals surface area contributed by atoms with E-state index < -0.39 is 0 Å². The van der Waals surface area contributed by atoms with E-state index in [9.17, 15) is 0 Å². The van der Waals surface area contributed by atoms with E-state index in [1.807, 2.05) is 0 Å². The normalized spacial score (nSPS) is 15.7. The quantitative estimate of drug-likeness (QED) is 0.867. The summed E-state index contributed by atoms with van der Waals surface area (Å²) in [5.41, 5.74) is 1.11. The van der Waals surface area contributed by atoms with Crippen molar-refractivity contribution < 1.29 is 0 Å². The van der Waals surface area contributed by atoms with Gasteiger partial charge in [-0.2, -0.15) is 5.10 Å². The summed E-state index contributed by atoms with van der Waals surface area (Å²) in [4.78, 5) is 2.42. The maximum atomic E-state index is 4.43. The summed E-state index contributed by atoms with van der Waals surface area (Å²) in [6.07, 6.45) is 2.59. The number of hydrogen-bond acceptors (Lipinski definition) is 4. The smallest absolute Gasteiger partial charge is 0.151 e. The van der Waals surface area contributed by atoms with E-state index in [1.54, 1.807) is 0 Å². The van der Waals surface area contributed by atoms with Gasteiger partial charge in [0.2, 0.25) is 0 Å². The SMILES string of the molecule is CC(C)CN(c1ccc(CNC(C)(C)C)nn1)C1CC1. The van der Waals surface area contributed by atoms with Gasteiger partial charge in [-0.15, -0.1) is 5.10 Å². The van der Waals surface area contributed by atoms with Crippen LogP contribution in [0.25, 0.3) is 0 Å². The Morgan fingerprint density at radius 3 is 2.40 bits per heavy atom. The van der Waals surface area contributed by atoms with Gasteiger partial charge in [-0.05, 0) is 51.7 Å². The lowest BCUT2D eigenvalue weighted by atomic mass is 10.1. The number of rotatable bonds is 6. The van der Waals surface area contributed by atoms with E-state index >= 15 is 0 Å². The largest absolute Gasteiger partial charge is 0.352 e. The van der Waals surface area contributed by atoms with Crippen molar-refractivity contribution in [2.24, 2.45) is 5.92 Å². The maximum absolute atomic E-state index is 4.43. The predicted molar refractivity (Wildman–Crippen MR) is 83.8 cm³/mol. The summed E-state index contributed by atoms with van der Waals surface area (Å²) in [5, 5.41) is 12.2. The zero-order valence-electron chi connectivity index (χ0n) is 13.5. The average Bonchev–Trinajstić information content (AvgIpc) is 3.17. The van der Waals surface area contributed by atoms with Gasteiger partial charge in [0.25, 0.3) is 0 Å². The van der Waals surface area contributed by atoms with E-state index in [0.717, 1.165) is 24.6 Å². The molecule has 0 radical (unpaired) electrons. The van der Waals surface area contributed by atoms with E-state index in [0.29, 0.717) is 12.0 Å². The molecule has 4 heteroatoms. The van der Waals surface area contributed by atoms with Gasteiger partial charge in [-0.25, -0.2) is 0 Å². The average molecular weight is 276 g/mol. The number of nitrogens with zero attached hydrogens (tertiary/aromatic N) is 3. The molecule has 1 aromatic heterocycles. The fraction of sp³-hybridized carbons (Fsp3) is 0.750. The first kappa shape index (κ1) is 15.2. The monoisotopic (exact) mass is 276 g/mol. The molecule has 1 heterocycles. The number of nitrogens with one attached hydrogen (secondary N) is 1. The van der Waals surface area contributed by atoms with Crippen LogP contribution in [0.4, 0.5) is 5.82 Å². The Morgan fingerprint density at radius 1 is 1.25 bits per heavy atom. The molecule has 0 amide bonds. The lowest BCUT2D eigenvalue weighted by Gasteiger charge is -2.25. The Kier molecular flexibility index (Phi) is 4.63.